The van der Waals surface area contributed by atoms with E-state index >= 15 is 0 Å². The minimum absolute atomic E-state index is 0.699. The van der Waals surface area contributed by atoms with Crippen LogP contribution in [0, 0.1) is 5.92 Å². The second-order valence-corrected chi connectivity index (χ2v) is 7.26. The van der Waals surface area contributed by atoms with Crippen LogP contribution in [0.3, 0.4) is 0 Å². The molecule has 1 rings (SSSR count). The molecule has 0 aromatic heterocycles. The Bertz CT molecular complexity index is 238. The molecule has 0 bridgehead atoms. The van der Waals surface area contributed by atoms with E-state index in [4.69, 9.17) is 0 Å². The van der Waals surface area contributed by atoms with Crippen LogP contribution in [-0.2, 0) is 0 Å². The standard InChI is InChI=1S/C18H38N2/c1-6-13-19-17-11-9-7-8-10-12-18(17)20(5)16(4)14-15(2)3/h15-19H,6-14H2,1-5H3. The molecule has 2 heteroatoms. The Morgan fingerprint density at radius 1 is 1.05 bits per heavy atom. The summed E-state index contributed by atoms with van der Waals surface area (Å²) in [5.74, 6) is 0.794. The normalized spacial score (nSPS) is 26.6. The van der Waals surface area contributed by atoms with Crippen molar-refractivity contribution < 1.29 is 0 Å². The zero-order valence-electron chi connectivity index (χ0n) is 14.6. The summed E-state index contributed by atoms with van der Waals surface area (Å²) < 4.78 is 0. The maximum Gasteiger partial charge on any atom is 0.0249 e. The highest BCUT2D eigenvalue weighted by Gasteiger charge is 2.28. The van der Waals surface area contributed by atoms with Crippen molar-refractivity contribution in [1.82, 2.24) is 10.2 Å². The topological polar surface area (TPSA) is 15.3 Å². The van der Waals surface area contributed by atoms with Crippen LogP contribution in [0.2, 0.25) is 0 Å². The lowest BCUT2D eigenvalue weighted by Gasteiger charge is -2.40. The summed E-state index contributed by atoms with van der Waals surface area (Å²) in [6.45, 7) is 10.5. The summed E-state index contributed by atoms with van der Waals surface area (Å²) in [5, 5.41) is 3.84. The van der Waals surface area contributed by atoms with Gasteiger partial charge in [-0.3, -0.25) is 4.90 Å². The van der Waals surface area contributed by atoms with E-state index in [1.54, 1.807) is 0 Å². The highest BCUT2D eigenvalue weighted by molar-refractivity contribution is 4.87. The van der Waals surface area contributed by atoms with Crippen LogP contribution in [0.5, 0.6) is 0 Å². The summed E-state index contributed by atoms with van der Waals surface area (Å²) in [4.78, 5) is 2.68. The molecule has 1 aliphatic rings. The van der Waals surface area contributed by atoms with Crippen molar-refractivity contribution in [2.24, 2.45) is 5.92 Å². The Balaban J connectivity index is 2.65. The number of nitrogens with one attached hydrogen (secondary N) is 1. The van der Waals surface area contributed by atoms with E-state index in [-0.39, 0.29) is 0 Å². The molecule has 20 heavy (non-hydrogen) atoms. The fourth-order valence-corrected chi connectivity index (χ4v) is 3.70. The molecule has 2 nitrogen and oxygen atoms in total. The van der Waals surface area contributed by atoms with Gasteiger partial charge >= 0.3 is 0 Å². The van der Waals surface area contributed by atoms with Gasteiger partial charge < -0.3 is 5.32 Å². The summed E-state index contributed by atoms with van der Waals surface area (Å²) in [6, 6.07) is 2.14. The number of hydrogen-bond acceptors (Lipinski definition) is 2. The fraction of sp³-hybridized carbons (Fsp3) is 1.00. The van der Waals surface area contributed by atoms with Gasteiger partial charge in [0, 0.05) is 18.1 Å². The van der Waals surface area contributed by atoms with Gasteiger partial charge in [-0.05, 0) is 52.1 Å². The average molecular weight is 283 g/mol. The van der Waals surface area contributed by atoms with E-state index in [1.807, 2.05) is 0 Å². The number of rotatable bonds is 7. The highest BCUT2D eigenvalue weighted by atomic mass is 15.2. The summed E-state index contributed by atoms with van der Waals surface area (Å²) in [5.41, 5.74) is 0. The van der Waals surface area contributed by atoms with Crippen molar-refractivity contribution in [2.45, 2.75) is 97.2 Å². The summed E-state index contributed by atoms with van der Waals surface area (Å²) in [6.07, 6.45) is 11.0. The lowest BCUT2D eigenvalue weighted by Crippen LogP contribution is -2.52. The second kappa shape index (κ2) is 9.78. The molecule has 0 radical (unpaired) electrons. The first-order chi connectivity index (χ1) is 9.56. The van der Waals surface area contributed by atoms with Gasteiger partial charge in [0.05, 0.1) is 0 Å². The van der Waals surface area contributed by atoms with Crippen molar-refractivity contribution in [3.63, 3.8) is 0 Å². The van der Waals surface area contributed by atoms with Crippen LogP contribution in [0.1, 0.15) is 79.1 Å². The van der Waals surface area contributed by atoms with Gasteiger partial charge in [0.15, 0.2) is 0 Å². The third kappa shape index (κ3) is 6.13. The minimum atomic E-state index is 0.699. The van der Waals surface area contributed by atoms with Crippen molar-refractivity contribution in [3.8, 4) is 0 Å². The SMILES string of the molecule is CCCNC1CCCCCCC1N(C)C(C)CC(C)C. The molecule has 1 N–H and O–H groups in total. The van der Waals surface area contributed by atoms with Crippen LogP contribution in [0.25, 0.3) is 0 Å². The van der Waals surface area contributed by atoms with Crippen LogP contribution in [0.4, 0.5) is 0 Å². The Labute approximate surface area is 127 Å². The molecule has 3 atom stereocenters. The molecular formula is C18H38N2. The Morgan fingerprint density at radius 2 is 1.70 bits per heavy atom. The van der Waals surface area contributed by atoms with Crippen LogP contribution in [-0.4, -0.2) is 36.6 Å². The molecule has 1 saturated carbocycles. The predicted octanol–water partition coefficient (Wildman–Crippen LogP) is 4.44. The Kier molecular flexibility index (Phi) is 8.79. The lowest BCUT2D eigenvalue weighted by molar-refractivity contribution is 0.113. The first-order valence-corrected chi connectivity index (χ1v) is 9.01. The van der Waals surface area contributed by atoms with Crippen molar-refractivity contribution in [2.75, 3.05) is 13.6 Å². The van der Waals surface area contributed by atoms with E-state index < -0.39 is 0 Å². The van der Waals surface area contributed by atoms with Crippen LogP contribution >= 0.6 is 0 Å². The molecule has 0 saturated heterocycles. The first-order valence-electron chi connectivity index (χ1n) is 9.01. The number of likely N-dealkylation sites (N-methyl/N-ethyl adjacent to an activating group) is 1. The molecular weight excluding hydrogens is 244 g/mol. The third-order valence-corrected chi connectivity index (χ3v) is 4.92. The summed E-state index contributed by atoms with van der Waals surface area (Å²) in [7, 11) is 2.36. The quantitative estimate of drug-likeness (QED) is 0.742. The van der Waals surface area contributed by atoms with E-state index in [0.717, 1.165) is 12.0 Å². The molecule has 0 amide bonds. The zero-order chi connectivity index (χ0) is 15.0. The molecule has 0 spiro atoms. The van der Waals surface area contributed by atoms with Gasteiger partial charge in [-0.2, -0.15) is 0 Å². The number of nitrogens with zero attached hydrogens (tertiary/aromatic N) is 1. The Hall–Kier alpha value is -0.0800. The molecule has 3 unspecified atom stereocenters. The fourth-order valence-electron chi connectivity index (χ4n) is 3.70. The van der Waals surface area contributed by atoms with Crippen molar-refractivity contribution >= 4 is 0 Å². The van der Waals surface area contributed by atoms with Gasteiger partial charge in [-0.15, -0.1) is 0 Å². The zero-order valence-corrected chi connectivity index (χ0v) is 14.6. The molecule has 1 fully saturated rings. The minimum Gasteiger partial charge on any atom is -0.312 e. The molecule has 0 heterocycles. The highest BCUT2D eigenvalue weighted by Crippen LogP contribution is 2.24. The maximum atomic E-state index is 3.84. The Morgan fingerprint density at radius 3 is 2.30 bits per heavy atom. The first kappa shape index (κ1) is 18.0. The van der Waals surface area contributed by atoms with Gasteiger partial charge in [-0.1, -0.05) is 46.5 Å². The monoisotopic (exact) mass is 282 g/mol. The summed E-state index contributed by atoms with van der Waals surface area (Å²) >= 11 is 0. The van der Waals surface area contributed by atoms with E-state index in [1.165, 1.54) is 57.9 Å². The third-order valence-electron chi connectivity index (χ3n) is 4.92. The second-order valence-electron chi connectivity index (χ2n) is 7.26. The number of hydrogen-bond donors (Lipinski definition) is 1. The molecule has 120 valence electrons. The van der Waals surface area contributed by atoms with Gasteiger partial charge in [-0.25, -0.2) is 0 Å². The van der Waals surface area contributed by atoms with Gasteiger partial charge in [0.2, 0.25) is 0 Å². The molecule has 0 aromatic carbocycles. The van der Waals surface area contributed by atoms with Crippen molar-refractivity contribution in [1.29, 1.82) is 0 Å². The predicted molar refractivity (Wildman–Crippen MR) is 90.3 cm³/mol. The largest absolute Gasteiger partial charge is 0.312 e. The van der Waals surface area contributed by atoms with Gasteiger partial charge in [0.1, 0.15) is 0 Å². The van der Waals surface area contributed by atoms with Crippen LogP contribution in [0.15, 0.2) is 0 Å². The maximum absolute atomic E-state index is 3.84. The van der Waals surface area contributed by atoms with Crippen molar-refractivity contribution in [3.05, 3.63) is 0 Å². The smallest absolute Gasteiger partial charge is 0.0249 e. The van der Waals surface area contributed by atoms with E-state index in [9.17, 15) is 0 Å². The van der Waals surface area contributed by atoms with Crippen LogP contribution < -0.4 is 5.32 Å². The molecule has 0 aliphatic heterocycles. The van der Waals surface area contributed by atoms with E-state index in [0.29, 0.717) is 12.1 Å². The van der Waals surface area contributed by atoms with E-state index in [2.05, 4.69) is 45.0 Å². The average Bonchev–Trinajstić information content (AvgIpc) is 2.36. The van der Waals surface area contributed by atoms with Gasteiger partial charge in [0.25, 0.3) is 0 Å². The lowest BCUT2D eigenvalue weighted by atomic mass is 9.89. The molecule has 0 aromatic rings. The molecule has 1 aliphatic carbocycles.